The minimum absolute atomic E-state index is 0.149. The first kappa shape index (κ1) is 11.3. The maximum atomic E-state index is 12.1. The third-order valence-corrected chi connectivity index (χ3v) is 3.55. The molecule has 5 nitrogen and oxygen atoms in total. The molecule has 0 saturated heterocycles. The maximum Gasteiger partial charge on any atom is 0.244 e. The molecule has 3 N–H and O–H groups in total. The van der Waals surface area contributed by atoms with Gasteiger partial charge in [-0.1, -0.05) is 0 Å². The summed E-state index contributed by atoms with van der Waals surface area (Å²) in [6, 6.07) is 5.32. The molecule has 2 aliphatic rings. The first-order chi connectivity index (χ1) is 8.57. The van der Waals surface area contributed by atoms with Gasteiger partial charge >= 0.3 is 0 Å². The maximum absolute atomic E-state index is 12.1. The lowest BCUT2D eigenvalue weighted by Gasteiger charge is -2.23. The number of carbonyl (C=O) groups excluding carboxylic acids is 1. The highest BCUT2D eigenvalue weighted by Crippen LogP contribution is 2.39. The third-order valence-electron chi connectivity index (χ3n) is 3.55. The van der Waals surface area contributed by atoms with Crippen LogP contribution < -0.4 is 20.5 Å². The number of carbonyl (C=O) groups is 1. The van der Waals surface area contributed by atoms with Gasteiger partial charge in [0, 0.05) is 11.8 Å². The van der Waals surface area contributed by atoms with Crippen molar-refractivity contribution in [3.05, 3.63) is 18.2 Å². The van der Waals surface area contributed by atoms with Gasteiger partial charge < -0.3 is 20.5 Å². The number of nitrogens with one attached hydrogen (secondary N) is 1. The van der Waals surface area contributed by atoms with Crippen LogP contribution in [-0.4, -0.2) is 18.2 Å². The second-order valence-electron chi connectivity index (χ2n) is 5.08. The second kappa shape index (κ2) is 3.88. The van der Waals surface area contributed by atoms with Gasteiger partial charge in [-0.15, -0.1) is 0 Å². The van der Waals surface area contributed by atoms with Crippen LogP contribution in [0.25, 0.3) is 0 Å². The molecule has 5 heteroatoms. The number of fused-ring (bicyclic) bond motifs is 1. The summed E-state index contributed by atoms with van der Waals surface area (Å²) in [5.74, 6) is 1.50. The Hall–Kier alpha value is -1.75. The number of amides is 1. The molecule has 96 valence electrons. The van der Waals surface area contributed by atoms with Crippen LogP contribution >= 0.6 is 0 Å². The van der Waals surface area contributed by atoms with Gasteiger partial charge in [0.2, 0.25) is 12.7 Å². The molecule has 1 aromatic carbocycles. The Morgan fingerprint density at radius 1 is 1.39 bits per heavy atom. The molecule has 18 heavy (non-hydrogen) atoms. The fourth-order valence-corrected chi connectivity index (χ4v) is 2.11. The zero-order valence-corrected chi connectivity index (χ0v) is 10.2. The van der Waals surface area contributed by atoms with E-state index in [9.17, 15) is 4.79 Å². The average Bonchev–Trinajstić information content (AvgIpc) is 3.09. The van der Waals surface area contributed by atoms with Crippen LogP contribution in [0, 0.1) is 5.92 Å². The number of hydrogen-bond acceptors (Lipinski definition) is 4. The monoisotopic (exact) mass is 248 g/mol. The molecule has 0 aromatic heterocycles. The Kier molecular flexibility index (Phi) is 2.45. The molecule has 0 radical (unpaired) electrons. The van der Waals surface area contributed by atoms with E-state index >= 15 is 0 Å². The fourth-order valence-electron chi connectivity index (χ4n) is 2.11. The van der Waals surface area contributed by atoms with E-state index in [2.05, 4.69) is 5.32 Å². The lowest BCUT2D eigenvalue weighted by Crippen LogP contribution is -2.50. The number of anilines is 1. The van der Waals surface area contributed by atoms with Gasteiger partial charge in [0.15, 0.2) is 11.5 Å². The Morgan fingerprint density at radius 2 is 2.11 bits per heavy atom. The standard InChI is InChI=1S/C13H16N2O3/c1-13(14,8-2-3-8)12(16)15-9-4-5-10-11(6-9)18-7-17-10/h4-6,8H,2-3,7,14H2,1H3,(H,15,16). The molecular weight excluding hydrogens is 232 g/mol. The number of nitrogens with two attached hydrogens (primary N) is 1. The van der Waals surface area contributed by atoms with Crippen LogP contribution in [0.4, 0.5) is 5.69 Å². The van der Waals surface area contributed by atoms with Crippen molar-refractivity contribution in [2.24, 2.45) is 11.7 Å². The number of hydrogen-bond donors (Lipinski definition) is 2. The molecule has 1 unspecified atom stereocenters. The van der Waals surface area contributed by atoms with Crippen molar-refractivity contribution in [3.8, 4) is 11.5 Å². The fraction of sp³-hybridized carbons (Fsp3) is 0.462. The number of benzene rings is 1. The molecule has 0 spiro atoms. The minimum Gasteiger partial charge on any atom is -0.454 e. The predicted octanol–water partition coefficient (Wildman–Crippen LogP) is 1.48. The molecule has 1 saturated carbocycles. The van der Waals surface area contributed by atoms with Crippen LogP contribution in [0.1, 0.15) is 19.8 Å². The summed E-state index contributed by atoms with van der Waals surface area (Å²) in [4.78, 5) is 12.1. The van der Waals surface area contributed by atoms with Gasteiger partial charge in [-0.2, -0.15) is 0 Å². The highest BCUT2D eigenvalue weighted by atomic mass is 16.7. The molecule has 1 fully saturated rings. The summed E-state index contributed by atoms with van der Waals surface area (Å²) in [7, 11) is 0. The van der Waals surface area contributed by atoms with Gasteiger partial charge in [-0.25, -0.2) is 0 Å². The van der Waals surface area contributed by atoms with E-state index in [0.29, 0.717) is 23.1 Å². The SMILES string of the molecule is CC(N)(C(=O)Nc1ccc2c(c1)OCO2)C1CC1. The quantitative estimate of drug-likeness (QED) is 0.849. The zero-order chi connectivity index (χ0) is 12.8. The van der Waals surface area contributed by atoms with E-state index in [0.717, 1.165) is 12.8 Å². The van der Waals surface area contributed by atoms with E-state index < -0.39 is 5.54 Å². The average molecular weight is 248 g/mol. The molecular formula is C13H16N2O3. The summed E-state index contributed by atoms with van der Waals surface area (Å²) >= 11 is 0. The summed E-state index contributed by atoms with van der Waals surface area (Å²) in [5.41, 5.74) is 5.94. The first-order valence-corrected chi connectivity index (χ1v) is 6.07. The van der Waals surface area contributed by atoms with Crippen molar-refractivity contribution in [2.45, 2.75) is 25.3 Å². The van der Waals surface area contributed by atoms with Gasteiger partial charge in [-0.05, 0) is 37.8 Å². The zero-order valence-electron chi connectivity index (χ0n) is 10.2. The predicted molar refractivity (Wildman–Crippen MR) is 66.5 cm³/mol. The van der Waals surface area contributed by atoms with Crippen LogP contribution in [0.15, 0.2) is 18.2 Å². The van der Waals surface area contributed by atoms with E-state index in [4.69, 9.17) is 15.2 Å². The second-order valence-corrected chi connectivity index (χ2v) is 5.08. The van der Waals surface area contributed by atoms with Crippen molar-refractivity contribution >= 4 is 11.6 Å². The first-order valence-electron chi connectivity index (χ1n) is 6.07. The van der Waals surface area contributed by atoms with Gasteiger partial charge in [0.25, 0.3) is 0 Å². The van der Waals surface area contributed by atoms with Crippen molar-refractivity contribution < 1.29 is 14.3 Å². The number of rotatable bonds is 3. The Morgan fingerprint density at radius 3 is 2.83 bits per heavy atom. The minimum atomic E-state index is -0.795. The Labute approximate surface area is 105 Å². The highest BCUT2D eigenvalue weighted by Gasteiger charge is 2.44. The molecule has 1 amide bonds. The molecule has 0 bridgehead atoms. The van der Waals surface area contributed by atoms with Gasteiger partial charge in [0.1, 0.15) is 0 Å². The van der Waals surface area contributed by atoms with Gasteiger partial charge in [0.05, 0.1) is 5.54 Å². The molecule has 1 aromatic rings. The smallest absolute Gasteiger partial charge is 0.244 e. The molecule has 1 aliphatic carbocycles. The number of ether oxygens (including phenoxy) is 2. The normalized spacial score (nSPS) is 20.3. The molecule has 1 atom stereocenters. The van der Waals surface area contributed by atoms with Crippen LogP contribution in [0.5, 0.6) is 11.5 Å². The van der Waals surface area contributed by atoms with Crippen LogP contribution in [0.3, 0.4) is 0 Å². The lowest BCUT2D eigenvalue weighted by molar-refractivity contribution is -0.121. The van der Waals surface area contributed by atoms with Crippen molar-refractivity contribution in [1.82, 2.24) is 0 Å². The topological polar surface area (TPSA) is 73.6 Å². The van der Waals surface area contributed by atoms with E-state index in [1.165, 1.54) is 0 Å². The van der Waals surface area contributed by atoms with Gasteiger partial charge in [-0.3, -0.25) is 4.79 Å². The Bertz CT molecular complexity index is 495. The van der Waals surface area contributed by atoms with Crippen molar-refractivity contribution in [2.75, 3.05) is 12.1 Å². The Balaban J connectivity index is 1.74. The van der Waals surface area contributed by atoms with Crippen molar-refractivity contribution in [1.29, 1.82) is 0 Å². The van der Waals surface area contributed by atoms with Crippen molar-refractivity contribution in [3.63, 3.8) is 0 Å². The lowest BCUT2D eigenvalue weighted by atomic mass is 9.96. The van der Waals surface area contributed by atoms with E-state index in [-0.39, 0.29) is 12.7 Å². The van der Waals surface area contributed by atoms with E-state index in [1.54, 1.807) is 25.1 Å². The third kappa shape index (κ3) is 1.90. The summed E-state index contributed by atoms with van der Waals surface area (Å²) < 4.78 is 10.5. The molecule has 1 heterocycles. The van der Waals surface area contributed by atoms with Crippen LogP contribution in [0.2, 0.25) is 0 Å². The largest absolute Gasteiger partial charge is 0.454 e. The molecule has 3 rings (SSSR count). The van der Waals surface area contributed by atoms with Crippen LogP contribution in [-0.2, 0) is 4.79 Å². The summed E-state index contributed by atoms with van der Waals surface area (Å²) in [6.45, 7) is 2.01. The summed E-state index contributed by atoms with van der Waals surface area (Å²) in [5, 5.41) is 2.83. The molecule has 1 aliphatic heterocycles. The van der Waals surface area contributed by atoms with E-state index in [1.807, 2.05) is 0 Å². The summed E-state index contributed by atoms with van der Waals surface area (Å²) in [6.07, 6.45) is 2.06. The highest BCUT2D eigenvalue weighted by molar-refractivity contribution is 5.98.